The van der Waals surface area contributed by atoms with Gasteiger partial charge >= 0.3 is 0 Å². The van der Waals surface area contributed by atoms with Crippen molar-refractivity contribution in [2.75, 3.05) is 20.1 Å². The third-order valence-corrected chi connectivity index (χ3v) is 5.24. The van der Waals surface area contributed by atoms with E-state index in [1.807, 2.05) is 0 Å². The molecule has 1 rings (SSSR count). The molecule has 0 saturated carbocycles. The van der Waals surface area contributed by atoms with E-state index in [0.29, 0.717) is 17.5 Å². The molecular formula is C15H32N2. The van der Waals surface area contributed by atoms with Crippen molar-refractivity contribution in [1.82, 2.24) is 10.2 Å². The van der Waals surface area contributed by atoms with Crippen LogP contribution in [0.15, 0.2) is 0 Å². The van der Waals surface area contributed by atoms with Crippen LogP contribution in [0.2, 0.25) is 0 Å². The Morgan fingerprint density at radius 3 is 2.35 bits per heavy atom. The molecule has 0 amide bonds. The zero-order chi connectivity index (χ0) is 13.2. The Morgan fingerprint density at radius 2 is 1.88 bits per heavy atom. The average Bonchev–Trinajstić information content (AvgIpc) is 2.25. The molecule has 17 heavy (non-hydrogen) atoms. The fraction of sp³-hybridized carbons (Fsp3) is 1.00. The van der Waals surface area contributed by atoms with Gasteiger partial charge in [-0.1, -0.05) is 34.6 Å². The number of nitrogens with zero attached hydrogens (tertiary/aromatic N) is 1. The van der Waals surface area contributed by atoms with Crippen LogP contribution in [0.5, 0.6) is 0 Å². The molecule has 0 radical (unpaired) electrons. The van der Waals surface area contributed by atoms with E-state index in [1.54, 1.807) is 0 Å². The zero-order valence-electron chi connectivity index (χ0n) is 12.9. The van der Waals surface area contributed by atoms with Gasteiger partial charge in [0.05, 0.1) is 0 Å². The van der Waals surface area contributed by atoms with Crippen LogP contribution in [0, 0.1) is 17.3 Å². The Morgan fingerprint density at radius 1 is 1.29 bits per heavy atom. The predicted octanol–water partition coefficient (Wildman–Crippen LogP) is 2.99. The molecule has 0 aromatic rings. The first kappa shape index (κ1) is 15.0. The molecule has 1 saturated heterocycles. The molecule has 2 heteroatoms. The van der Waals surface area contributed by atoms with Crippen LogP contribution in [0.25, 0.3) is 0 Å². The zero-order valence-corrected chi connectivity index (χ0v) is 12.9. The second kappa shape index (κ2) is 5.71. The summed E-state index contributed by atoms with van der Waals surface area (Å²) in [6.07, 6.45) is 1.29. The molecule has 0 bridgehead atoms. The van der Waals surface area contributed by atoms with E-state index in [4.69, 9.17) is 0 Å². The van der Waals surface area contributed by atoms with E-state index in [1.165, 1.54) is 19.5 Å². The van der Waals surface area contributed by atoms with Gasteiger partial charge in [0, 0.05) is 18.6 Å². The molecule has 1 aliphatic heterocycles. The van der Waals surface area contributed by atoms with Crippen molar-refractivity contribution >= 4 is 0 Å². The van der Waals surface area contributed by atoms with Crippen molar-refractivity contribution in [3.8, 4) is 0 Å². The van der Waals surface area contributed by atoms with Gasteiger partial charge in [-0.25, -0.2) is 0 Å². The molecule has 0 aromatic heterocycles. The van der Waals surface area contributed by atoms with Crippen molar-refractivity contribution in [2.24, 2.45) is 17.3 Å². The monoisotopic (exact) mass is 240 g/mol. The number of piperidine rings is 1. The highest BCUT2D eigenvalue weighted by Crippen LogP contribution is 2.31. The van der Waals surface area contributed by atoms with E-state index in [9.17, 15) is 0 Å². The summed E-state index contributed by atoms with van der Waals surface area (Å²) < 4.78 is 0. The molecule has 1 aliphatic rings. The van der Waals surface area contributed by atoms with Crippen molar-refractivity contribution in [3.63, 3.8) is 0 Å². The number of likely N-dealkylation sites (tertiary alicyclic amines) is 1. The maximum absolute atomic E-state index is 3.46. The summed E-state index contributed by atoms with van der Waals surface area (Å²) in [4.78, 5) is 2.69. The smallest absolute Gasteiger partial charge is 0.0117 e. The molecule has 2 nitrogen and oxygen atoms in total. The highest BCUT2D eigenvalue weighted by Gasteiger charge is 2.35. The molecule has 0 spiro atoms. The summed E-state index contributed by atoms with van der Waals surface area (Å²) in [5.74, 6) is 1.49. The minimum Gasteiger partial charge on any atom is -0.317 e. The summed E-state index contributed by atoms with van der Waals surface area (Å²) in [7, 11) is 2.10. The normalized spacial score (nSPS) is 32.1. The molecule has 3 atom stereocenters. The largest absolute Gasteiger partial charge is 0.317 e. The van der Waals surface area contributed by atoms with Crippen LogP contribution in [0.3, 0.4) is 0 Å². The summed E-state index contributed by atoms with van der Waals surface area (Å²) >= 11 is 0. The van der Waals surface area contributed by atoms with Crippen LogP contribution in [0.1, 0.15) is 48.0 Å². The van der Waals surface area contributed by atoms with Crippen molar-refractivity contribution in [2.45, 2.75) is 60.0 Å². The number of hydrogen-bond acceptors (Lipinski definition) is 2. The molecule has 3 unspecified atom stereocenters. The Balaban J connectivity index is 2.62. The van der Waals surface area contributed by atoms with Crippen LogP contribution >= 0.6 is 0 Å². The molecule has 102 valence electrons. The van der Waals surface area contributed by atoms with Crippen molar-refractivity contribution in [3.05, 3.63) is 0 Å². The van der Waals surface area contributed by atoms with Crippen LogP contribution in [-0.2, 0) is 0 Å². The second-order valence-corrected chi connectivity index (χ2v) is 6.90. The fourth-order valence-electron chi connectivity index (χ4n) is 2.78. The summed E-state index contributed by atoms with van der Waals surface area (Å²) in [5, 5.41) is 3.46. The Labute approximate surface area is 108 Å². The number of hydrogen-bond donors (Lipinski definition) is 1. The van der Waals surface area contributed by atoms with Gasteiger partial charge < -0.3 is 5.32 Å². The first-order valence-electron chi connectivity index (χ1n) is 7.21. The first-order valence-corrected chi connectivity index (χ1v) is 7.21. The lowest BCUT2D eigenvalue weighted by atomic mass is 9.78. The summed E-state index contributed by atoms with van der Waals surface area (Å²) in [6.45, 7) is 16.7. The molecule has 0 aliphatic carbocycles. The van der Waals surface area contributed by atoms with Crippen LogP contribution in [0.4, 0.5) is 0 Å². The number of nitrogens with one attached hydrogen (secondary N) is 1. The van der Waals surface area contributed by atoms with Gasteiger partial charge in [-0.3, -0.25) is 4.90 Å². The Bertz CT molecular complexity index is 235. The van der Waals surface area contributed by atoms with E-state index in [0.717, 1.165) is 11.8 Å². The molecular weight excluding hydrogens is 208 g/mol. The Hall–Kier alpha value is -0.0800. The minimum absolute atomic E-state index is 0.417. The van der Waals surface area contributed by atoms with E-state index < -0.39 is 0 Å². The van der Waals surface area contributed by atoms with Gasteiger partial charge in [0.15, 0.2) is 0 Å². The third kappa shape index (κ3) is 3.45. The minimum atomic E-state index is 0.417. The van der Waals surface area contributed by atoms with E-state index >= 15 is 0 Å². The first-order chi connectivity index (χ1) is 7.79. The maximum atomic E-state index is 3.46. The highest BCUT2D eigenvalue weighted by molar-refractivity contribution is 4.90. The number of rotatable bonds is 4. The summed E-state index contributed by atoms with van der Waals surface area (Å²) in [6, 6.07) is 1.39. The molecule has 1 N–H and O–H groups in total. The lowest BCUT2D eigenvalue weighted by Crippen LogP contribution is -2.55. The van der Waals surface area contributed by atoms with Crippen LogP contribution in [-0.4, -0.2) is 37.1 Å². The molecule has 0 aromatic carbocycles. The van der Waals surface area contributed by atoms with Crippen molar-refractivity contribution < 1.29 is 0 Å². The third-order valence-electron chi connectivity index (χ3n) is 5.24. The van der Waals surface area contributed by atoms with Gasteiger partial charge in [0.1, 0.15) is 0 Å². The standard InChI is InChI=1S/C15H32N2/c1-11(2)15(5,6)10-17-9-8-14(16-7)12(3)13(17)4/h11-14,16H,8-10H2,1-7H3. The quantitative estimate of drug-likeness (QED) is 0.813. The van der Waals surface area contributed by atoms with Gasteiger partial charge in [0.2, 0.25) is 0 Å². The Kier molecular flexibility index (Phi) is 5.03. The van der Waals surface area contributed by atoms with Gasteiger partial charge in [-0.15, -0.1) is 0 Å². The van der Waals surface area contributed by atoms with Gasteiger partial charge in [0.25, 0.3) is 0 Å². The summed E-state index contributed by atoms with van der Waals surface area (Å²) in [5.41, 5.74) is 0.417. The molecule has 1 heterocycles. The van der Waals surface area contributed by atoms with Crippen LogP contribution < -0.4 is 5.32 Å². The molecule has 1 fully saturated rings. The lowest BCUT2D eigenvalue weighted by molar-refractivity contribution is 0.0391. The average molecular weight is 240 g/mol. The highest BCUT2D eigenvalue weighted by atomic mass is 15.2. The lowest BCUT2D eigenvalue weighted by Gasteiger charge is -2.46. The van der Waals surface area contributed by atoms with Gasteiger partial charge in [-0.05, 0) is 44.2 Å². The fourth-order valence-corrected chi connectivity index (χ4v) is 2.78. The van der Waals surface area contributed by atoms with Crippen molar-refractivity contribution in [1.29, 1.82) is 0 Å². The second-order valence-electron chi connectivity index (χ2n) is 6.90. The predicted molar refractivity (Wildman–Crippen MR) is 76.3 cm³/mol. The van der Waals surface area contributed by atoms with Gasteiger partial charge in [-0.2, -0.15) is 0 Å². The topological polar surface area (TPSA) is 15.3 Å². The maximum Gasteiger partial charge on any atom is 0.0117 e. The SMILES string of the molecule is CNC1CCN(CC(C)(C)C(C)C)C(C)C1C. The van der Waals surface area contributed by atoms with E-state index in [-0.39, 0.29) is 0 Å². The van der Waals surface area contributed by atoms with E-state index in [2.05, 4.69) is 58.8 Å².